The van der Waals surface area contributed by atoms with Crippen LogP contribution in [0.2, 0.25) is 5.02 Å². The number of aryl methyl sites for hydroxylation is 1. The molecule has 0 saturated heterocycles. The van der Waals surface area contributed by atoms with Gasteiger partial charge in [-0.15, -0.1) is 0 Å². The van der Waals surface area contributed by atoms with Crippen LogP contribution in [0.15, 0.2) is 18.2 Å². The van der Waals surface area contributed by atoms with Crippen LogP contribution in [0.3, 0.4) is 0 Å². The topological polar surface area (TPSA) is 34.9 Å². The second-order valence-corrected chi connectivity index (χ2v) is 4.93. The van der Waals surface area contributed by atoms with Crippen LogP contribution in [0.5, 0.6) is 0 Å². The van der Waals surface area contributed by atoms with E-state index in [2.05, 4.69) is 5.10 Å². The van der Waals surface area contributed by atoms with Crippen molar-refractivity contribution in [3.63, 3.8) is 0 Å². The first-order valence-electron chi connectivity index (χ1n) is 6.58. The van der Waals surface area contributed by atoms with Crippen LogP contribution in [0.4, 0.5) is 4.39 Å². The van der Waals surface area contributed by atoms with E-state index in [-0.39, 0.29) is 5.82 Å². The molecule has 0 atom stereocenters. The maximum Gasteiger partial charge on any atom is 0.153 e. The molecular weight excluding hydrogens is 279 g/mol. The molecule has 106 valence electrons. The third-order valence-corrected chi connectivity index (χ3v) is 3.66. The summed E-state index contributed by atoms with van der Waals surface area (Å²) in [7, 11) is 0. The standard InChI is InChI=1S/C15H16ClFN2O/c1-3-14-12(9-20)15(4-2)19(18-14)8-10-7-11(17)5-6-13(10)16/h5-7,9H,3-4,8H2,1-2H3. The number of carbonyl (C=O) groups is 1. The van der Waals surface area contributed by atoms with Crippen molar-refractivity contribution in [2.45, 2.75) is 33.2 Å². The van der Waals surface area contributed by atoms with Gasteiger partial charge in [0.1, 0.15) is 5.82 Å². The highest BCUT2D eigenvalue weighted by atomic mass is 35.5. The Morgan fingerprint density at radius 1 is 1.35 bits per heavy atom. The van der Waals surface area contributed by atoms with E-state index in [1.807, 2.05) is 13.8 Å². The van der Waals surface area contributed by atoms with Gasteiger partial charge in [0.25, 0.3) is 0 Å². The van der Waals surface area contributed by atoms with Crippen LogP contribution in [0.1, 0.15) is 41.2 Å². The van der Waals surface area contributed by atoms with Crippen molar-refractivity contribution in [1.29, 1.82) is 0 Å². The quantitative estimate of drug-likeness (QED) is 0.789. The highest BCUT2D eigenvalue weighted by Crippen LogP contribution is 2.21. The van der Waals surface area contributed by atoms with Gasteiger partial charge in [0.05, 0.1) is 17.8 Å². The van der Waals surface area contributed by atoms with Crippen LogP contribution in [0, 0.1) is 5.82 Å². The van der Waals surface area contributed by atoms with Gasteiger partial charge in [0.2, 0.25) is 0 Å². The molecule has 5 heteroatoms. The molecule has 0 aliphatic rings. The summed E-state index contributed by atoms with van der Waals surface area (Å²) >= 11 is 6.08. The minimum Gasteiger partial charge on any atom is -0.298 e. The largest absolute Gasteiger partial charge is 0.298 e. The zero-order valence-electron chi connectivity index (χ0n) is 11.5. The minimum absolute atomic E-state index is 0.332. The van der Waals surface area contributed by atoms with Gasteiger partial charge in [-0.3, -0.25) is 9.48 Å². The average molecular weight is 295 g/mol. The van der Waals surface area contributed by atoms with E-state index in [0.29, 0.717) is 35.5 Å². The number of aromatic nitrogens is 2. The highest BCUT2D eigenvalue weighted by molar-refractivity contribution is 6.31. The van der Waals surface area contributed by atoms with Crippen LogP contribution >= 0.6 is 11.6 Å². The van der Waals surface area contributed by atoms with Crippen LogP contribution in [0.25, 0.3) is 0 Å². The second kappa shape index (κ2) is 6.18. The zero-order valence-corrected chi connectivity index (χ0v) is 12.2. The Morgan fingerprint density at radius 3 is 2.70 bits per heavy atom. The second-order valence-electron chi connectivity index (χ2n) is 4.53. The summed E-state index contributed by atoms with van der Waals surface area (Å²) < 4.78 is 15.0. The van der Waals surface area contributed by atoms with Crippen molar-refractivity contribution in [1.82, 2.24) is 9.78 Å². The number of hydrogen-bond acceptors (Lipinski definition) is 2. The first-order chi connectivity index (χ1) is 9.60. The number of aldehydes is 1. The summed E-state index contributed by atoms with van der Waals surface area (Å²) in [5, 5.41) is 4.94. The number of halogens is 2. The fourth-order valence-corrected chi connectivity index (χ4v) is 2.47. The number of carbonyl (C=O) groups excluding carboxylic acids is 1. The Bertz CT molecular complexity index is 637. The van der Waals surface area contributed by atoms with E-state index in [4.69, 9.17) is 11.6 Å². The van der Waals surface area contributed by atoms with Crippen molar-refractivity contribution in [3.05, 3.63) is 51.6 Å². The predicted molar refractivity (Wildman–Crippen MR) is 76.9 cm³/mol. The summed E-state index contributed by atoms with van der Waals surface area (Å²) in [6, 6.07) is 4.25. The predicted octanol–water partition coefficient (Wildman–Crippen LogP) is 3.66. The van der Waals surface area contributed by atoms with Gasteiger partial charge >= 0.3 is 0 Å². The summed E-state index contributed by atoms with van der Waals surface area (Å²) in [4.78, 5) is 11.2. The lowest BCUT2D eigenvalue weighted by Gasteiger charge is -2.08. The van der Waals surface area contributed by atoms with Gasteiger partial charge in [0.15, 0.2) is 6.29 Å². The van der Waals surface area contributed by atoms with Gasteiger partial charge in [-0.05, 0) is 36.6 Å². The van der Waals surface area contributed by atoms with Crippen LogP contribution in [-0.4, -0.2) is 16.1 Å². The van der Waals surface area contributed by atoms with Crippen molar-refractivity contribution in [2.75, 3.05) is 0 Å². The highest BCUT2D eigenvalue weighted by Gasteiger charge is 2.15. The van der Waals surface area contributed by atoms with Crippen LogP contribution < -0.4 is 0 Å². The molecule has 0 aliphatic heterocycles. The number of nitrogens with zero attached hydrogens (tertiary/aromatic N) is 2. The van der Waals surface area contributed by atoms with Crippen molar-refractivity contribution in [3.8, 4) is 0 Å². The Morgan fingerprint density at radius 2 is 2.10 bits per heavy atom. The smallest absolute Gasteiger partial charge is 0.153 e. The Balaban J connectivity index is 2.45. The fraction of sp³-hybridized carbons (Fsp3) is 0.333. The number of benzene rings is 1. The summed E-state index contributed by atoms with van der Waals surface area (Å²) in [5.74, 6) is -0.332. The summed E-state index contributed by atoms with van der Waals surface area (Å²) in [6.45, 7) is 4.28. The first kappa shape index (κ1) is 14.7. The molecule has 3 nitrogen and oxygen atoms in total. The normalized spacial score (nSPS) is 10.8. The molecule has 0 saturated carbocycles. The molecule has 0 spiro atoms. The van der Waals surface area contributed by atoms with Crippen molar-refractivity contribution >= 4 is 17.9 Å². The van der Waals surface area contributed by atoms with E-state index < -0.39 is 0 Å². The first-order valence-corrected chi connectivity index (χ1v) is 6.96. The monoisotopic (exact) mass is 294 g/mol. The summed E-state index contributed by atoms with van der Waals surface area (Å²) in [5.41, 5.74) is 2.92. The van der Waals surface area contributed by atoms with Gasteiger partial charge in [-0.1, -0.05) is 25.4 Å². The summed E-state index contributed by atoms with van der Waals surface area (Å²) in [6.07, 6.45) is 2.22. The van der Waals surface area contributed by atoms with Gasteiger partial charge in [-0.2, -0.15) is 5.10 Å². The molecular formula is C15H16ClFN2O. The maximum atomic E-state index is 13.3. The van der Waals surface area contributed by atoms with E-state index in [9.17, 15) is 9.18 Å². The number of rotatable bonds is 5. The SMILES string of the molecule is CCc1nn(Cc2cc(F)ccc2Cl)c(CC)c1C=O. The maximum absolute atomic E-state index is 13.3. The lowest BCUT2D eigenvalue weighted by molar-refractivity contribution is 0.112. The Labute approximate surface area is 122 Å². The van der Waals surface area contributed by atoms with Crippen molar-refractivity contribution in [2.24, 2.45) is 0 Å². The van der Waals surface area contributed by atoms with Crippen molar-refractivity contribution < 1.29 is 9.18 Å². The molecule has 0 N–H and O–H groups in total. The van der Waals surface area contributed by atoms with E-state index in [1.54, 1.807) is 4.68 Å². The Kier molecular flexibility index (Phi) is 4.55. The molecule has 0 radical (unpaired) electrons. The lowest BCUT2D eigenvalue weighted by Crippen LogP contribution is -2.07. The van der Waals surface area contributed by atoms with Gasteiger partial charge < -0.3 is 0 Å². The third kappa shape index (κ3) is 2.75. The van der Waals surface area contributed by atoms with Gasteiger partial charge in [-0.25, -0.2) is 4.39 Å². The molecule has 1 heterocycles. The van der Waals surface area contributed by atoms with E-state index >= 15 is 0 Å². The number of hydrogen-bond donors (Lipinski definition) is 0. The molecule has 2 rings (SSSR count). The molecule has 0 fully saturated rings. The molecule has 1 aromatic heterocycles. The molecule has 0 bridgehead atoms. The molecule has 1 aromatic carbocycles. The van der Waals surface area contributed by atoms with E-state index in [1.165, 1.54) is 18.2 Å². The molecule has 0 amide bonds. The molecule has 0 aliphatic carbocycles. The molecule has 2 aromatic rings. The van der Waals surface area contributed by atoms with Crippen LogP contribution in [-0.2, 0) is 19.4 Å². The van der Waals surface area contributed by atoms with E-state index in [0.717, 1.165) is 17.7 Å². The lowest BCUT2D eigenvalue weighted by atomic mass is 10.1. The Hall–Kier alpha value is -1.68. The molecule has 0 unspecified atom stereocenters. The third-order valence-electron chi connectivity index (χ3n) is 3.29. The molecule has 20 heavy (non-hydrogen) atoms. The minimum atomic E-state index is -0.332. The average Bonchev–Trinajstić information content (AvgIpc) is 2.79. The van der Waals surface area contributed by atoms with Gasteiger partial charge in [0, 0.05) is 10.7 Å². The zero-order chi connectivity index (χ0) is 14.7. The fourth-order valence-electron chi connectivity index (χ4n) is 2.29.